The minimum atomic E-state index is 0.115. The van der Waals surface area contributed by atoms with Crippen molar-refractivity contribution in [2.75, 3.05) is 6.61 Å². The third kappa shape index (κ3) is 3.02. The summed E-state index contributed by atoms with van der Waals surface area (Å²) >= 11 is 0. The Morgan fingerprint density at radius 1 is 1.35 bits per heavy atom. The SMILES string of the molecule is Cn1cncc1[C@@H]1C[C@@H](NCc2cc3ccccc3o2)CCO1. The first-order valence-electron chi connectivity index (χ1n) is 8.08. The number of ether oxygens (including phenoxy) is 1. The Hall–Kier alpha value is -2.11. The summed E-state index contributed by atoms with van der Waals surface area (Å²) in [6.07, 6.45) is 5.81. The monoisotopic (exact) mass is 311 g/mol. The van der Waals surface area contributed by atoms with Crippen molar-refractivity contribution in [1.82, 2.24) is 14.9 Å². The van der Waals surface area contributed by atoms with Gasteiger partial charge in [-0.25, -0.2) is 4.98 Å². The van der Waals surface area contributed by atoms with Crippen molar-refractivity contribution in [2.24, 2.45) is 7.05 Å². The smallest absolute Gasteiger partial charge is 0.134 e. The molecule has 1 aromatic carbocycles. The largest absolute Gasteiger partial charge is 0.460 e. The average Bonchev–Trinajstić information content (AvgIpc) is 3.18. The Morgan fingerprint density at radius 3 is 3.09 bits per heavy atom. The lowest BCUT2D eigenvalue weighted by atomic mass is 10.0. The Bertz CT molecular complexity index is 759. The Labute approximate surface area is 135 Å². The standard InChI is InChI=1S/C18H21N3O2/c1-21-12-19-11-16(21)18-9-14(6-7-22-18)20-10-15-8-13-4-2-3-5-17(13)23-15/h2-5,8,11-12,14,18,20H,6-7,9-10H2,1H3/t14-,18-/m0/s1. The van der Waals surface area contributed by atoms with Gasteiger partial charge in [-0.1, -0.05) is 18.2 Å². The van der Waals surface area contributed by atoms with Crippen molar-refractivity contribution in [3.05, 3.63) is 54.3 Å². The van der Waals surface area contributed by atoms with Crippen molar-refractivity contribution >= 4 is 11.0 Å². The summed E-state index contributed by atoms with van der Waals surface area (Å²) in [7, 11) is 2.01. The van der Waals surface area contributed by atoms with Crippen LogP contribution >= 0.6 is 0 Å². The number of nitrogens with zero attached hydrogens (tertiary/aromatic N) is 2. The lowest BCUT2D eigenvalue weighted by molar-refractivity contribution is -0.00428. The van der Waals surface area contributed by atoms with Crippen molar-refractivity contribution in [3.63, 3.8) is 0 Å². The second-order valence-corrected chi connectivity index (χ2v) is 6.14. The Morgan fingerprint density at radius 2 is 2.26 bits per heavy atom. The van der Waals surface area contributed by atoms with Gasteiger partial charge in [-0.05, 0) is 25.0 Å². The molecular weight excluding hydrogens is 290 g/mol. The van der Waals surface area contributed by atoms with E-state index in [1.165, 1.54) is 0 Å². The highest BCUT2D eigenvalue weighted by Gasteiger charge is 2.25. The van der Waals surface area contributed by atoms with Gasteiger partial charge in [-0.3, -0.25) is 0 Å². The number of hydrogen-bond acceptors (Lipinski definition) is 4. The summed E-state index contributed by atoms with van der Waals surface area (Å²) in [6, 6.07) is 10.7. The molecule has 0 spiro atoms. The third-order valence-electron chi connectivity index (χ3n) is 4.51. The number of aryl methyl sites for hydroxylation is 1. The molecule has 0 radical (unpaired) electrons. The fraction of sp³-hybridized carbons (Fsp3) is 0.389. The number of para-hydroxylation sites is 1. The summed E-state index contributed by atoms with van der Waals surface area (Å²) in [5, 5.41) is 4.76. The Kier molecular flexibility index (Phi) is 3.89. The van der Waals surface area contributed by atoms with E-state index >= 15 is 0 Å². The van der Waals surface area contributed by atoms with Gasteiger partial charge in [-0.2, -0.15) is 0 Å². The van der Waals surface area contributed by atoms with Gasteiger partial charge in [0.1, 0.15) is 17.4 Å². The van der Waals surface area contributed by atoms with E-state index in [-0.39, 0.29) is 6.10 Å². The van der Waals surface area contributed by atoms with E-state index in [1.54, 1.807) is 0 Å². The quantitative estimate of drug-likeness (QED) is 0.804. The second-order valence-electron chi connectivity index (χ2n) is 6.14. The number of furan rings is 1. The molecular formula is C18H21N3O2. The molecule has 0 unspecified atom stereocenters. The molecule has 120 valence electrons. The first kappa shape index (κ1) is 14.5. The third-order valence-corrected chi connectivity index (χ3v) is 4.51. The summed E-state index contributed by atoms with van der Waals surface area (Å²) in [5.41, 5.74) is 2.09. The van der Waals surface area contributed by atoms with Gasteiger partial charge >= 0.3 is 0 Å². The number of hydrogen-bond donors (Lipinski definition) is 1. The molecule has 0 aliphatic carbocycles. The van der Waals surface area contributed by atoms with Crippen LogP contribution in [0.3, 0.4) is 0 Å². The van der Waals surface area contributed by atoms with Crippen LogP contribution in [0.15, 0.2) is 47.3 Å². The zero-order valence-corrected chi connectivity index (χ0v) is 13.2. The number of benzene rings is 1. The number of imidazole rings is 1. The van der Waals surface area contributed by atoms with Gasteiger partial charge in [0.2, 0.25) is 0 Å². The van der Waals surface area contributed by atoms with Crippen LogP contribution in [0.1, 0.15) is 30.4 Å². The Balaban J connectivity index is 1.39. The molecule has 2 atom stereocenters. The van der Waals surface area contributed by atoms with Crippen LogP contribution in [-0.2, 0) is 18.3 Å². The van der Waals surface area contributed by atoms with E-state index in [0.717, 1.165) is 48.4 Å². The summed E-state index contributed by atoms with van der Waals surface area (Å²) < 4.78 is 13.8. The van der Waals surface area contributed by atoms with Crippen molar-refractivity contribution < 1.29 is 9.15 Å². The van der Waals surface area contributed by atoms with Crippen LogP contribution in [0.5, 0.6) is 0 Å². The topological polar surface area (TPSA) is 52.2 Å². The maximum absolute atomic E-state index is 5.91. The van der Waals surface area contributed by atoms with E-state index in [1.807, 2.05) is 42.3 Å². The molecule has 5 heteroatoms. The van der Waals surface area contributed by atoms with E-state index < -0.39 is 0 Å². The molecule has 2 aromatic heterocycles. The molecule has 1 aliphatic heterocycles. The minimum Gasteiger partial charge on any atom is -0.460 e. The lowest BCUT2D eigenvalue weighted by Gasteiger charge is -2.30. The maximum Gasteiger partial charge on any atom is 0.134 e. The number of fused-ring (bicyclic) bond motifs is 1. The van der Waals surface area contributed by atoms with Crippen LogP contribution in [0, 0.1) is 0 Å². The first-order valence-corrected chi connectivity index (χ1v) is 8.08. The van der Waals surface area contributed by atoms with Crippen LogP contribution in [0.2, 0.25) is 0 Å². The summed E-state index contributed by atoms with van der Waals surface area (Å²) in [4.78, 5) is 4.19. The van der Waals surface area contributed by atoms with Crippen LogP contribution in [0.4, 0.5) is 0 Å². The van der Waals surface area contributed by atoms with E-state index in [9.17, 15) is 0 Å². The highest BCUT2D eigenvalue weighted by molar-refractivity contribution is 5.77. The molecule has 23 heavy (non-hydrogen) atoms. The van der Waals surface area contributed by atoms with Crippen molar-refractivity contribution in [2.45, 2.75) is 31.5 Å². The molecule has 1 aliphatic rings. The second kappa shape index (κ2) is 6.18. The fourth-order valence-corrected chi connectivity index (χ4v) is 3.23. The highest BCUT2D eigenvalue weighted by atomic mass is 16.5. The van der Waals surface area contributed by atoms with E-state index in [2.05, 4.69) is 22.4 Å². The fourth-order valence-electron chi connectivity index (χ4n) is 3.23. The zero-order valence-electron chi connectivity index (χ0n) is 13.2. The van der Waals surface area contributed by atoms with Crippen LogP contribution in [-0.4, -0.2) is 22.2 Å². The number of rotatable bonds is 4. The van der Waals surface area contributed by atoms with Gasteiger partial charge in [-0.15, -0.1) is 0 Å². The average molecular weight is 311 g/mol. The molecule has 3 aromatic rings. The molecule has 1 fully saturated rings. The van der Waals surface area contributed by atoms with E-state index in [0.29, 0.717) is 6.04 Å². The van der Waals surface area contributed by atoms with Crippen LogP contribution in [0.25, 0.3) is 11.0 Å². The predicted octanol–water partition coefficient (Wildman–Crippen LogP) is 3.18. The normalized spacial score (nSPS) is 21.8. The molecule has 4 rings (SSSR count). The van der Waals surface area contributed by atoms with Gasteiger partial charge in [0, 0.05) is 25.1 Å². The molecule has 3 heterocycles. The van der Waals surface area contributed by atoms with Crippen molar-refractivity contribution in [3.8, 4) is 0 Å². The van der Waals surface area contributed by atoms with Gasteiger partial charge in [0.15, 0.2) is 0 Å². The molecule has 0 saturated carbocycles. The van der Waals surface area contributed by atoms with E-state index in [4.69, 9.17) is 9.15 Å². The number of aromatic nitrogens is 2. The lowest BCUT2D eigenvalue weighted by Crippen LogP contribution is -2.36. The summed E-state index contributed by atoms with van der Waals surface area (Å²) in [5.74, 6) is 0.981. The van der Waals surface area contributed by atoms with Gasteiger partial charge in [0.25, 0.3) is 0 Å². The summed E-state index contributed by atoms with van der Waals surface area (Å²) in [6.45, 7) is 1.52. The van der Waals surface area contributed by atoms with Gasteiger partial charge in [0.05, 0.1) is 24.8 Å². The minimum absolute atomic E-state index is 0.115. The van der Waals surface area contributed by atoms with Crippen LogP contribution < -0.4 is 5.32 Å². The zero-order chi connectivity index (χ0) is 15.6. The number of nitrogens with one attached hydrogen (secondary N) is 1. The molecule has 0 bridgehead atoms. The first-order chi connectivity index (χ1) is 11.3. The molecule has 1 N–H and O–H groups in total. The van der Waals surface area contributed by atoms with Gasteiger partial charge < -0.3 is 19.0 Å². The molecule has 5 nitrogen and oxygen atoms in total. The predicted molar refractivity (Wildman–Crippen MR) is 88.0 cm³/mol. The molecule has 1 saturated heterocycles. The molecule has 0 amide bonds. The maximum atomic E-state index is 5.91. The highest BCUT2D eigenvalue weighted by Crippen LogP contribution is 2.28. The van der Waals surface area contributed by atoms with Crippen molar-refractivity contribution in [1.29, 1.82) is 0 Å².